The molecule has 0 radical (unpaired) electrons. The fraction of sp³-hybridized carbons (Fsp3) is 0.250. The van der Waals surface area contributed by atoms with Crippen molar-refractivity contribution in [1.82, 2.24) is 10.4 Å². The van der Waals surface area contributed by atoms with Crippen molar-refractivity contribution in [3.05, 3.63) is 35.4 Å². The summed E-state index contributed by atoms with van der Waals surface area (Å²) < 4.78 is 4.67. The number of amides is 3. The van der Waals surface area contributed by atoms with Crippen LogP contribution in [0.2, 0.25) is 0 Å². The average Bonchev–Trinajstić information content (AvgIpc) is 2.68. The lowest BCUT2D eigenvalue weighted by Crippen LogP contribution is -2.32. The Labute approximate surface area is 109 Å². The number of carbonyl (C=O) groups is 3. The van der Waals surface area contributed by atoms with Crippen LogP contribution in [0, 0.1) is 0 Å². The topological polar surface area (TPSA) is 84.9 Å². The summed E-state index contributed by atoms with van der Waals surface area (Å²) in [6.07, 6.45) is -0.606. The smallest absolute Gasteiger partial charge is 0.406 e. The molecule has 100 valence electrons. The number of imide groups is 1. The Morgan fingerprint density at radius 2 is 1.74 bits per heavy atom. The number of alkyl carbamates (subject to hydrolysis) is 1. The predicted octanol–water partition coefficient (Wildman–Crippen LogP) is 0.570. The Hall–Kier alpha value is -2.41. The molecule has 0 spiro atoms. The number of carbonyl (C=O) groups excluding carboxylic acids is 3. The molecule has 1 heterocycles. The molecule has 1 aromatic carbocycles. The van der Waals surface area contributed by atoms with Gasteiger partial charge in [0.15, 0.2) is 0 Å². The number of rotatable bonds is 4. The van der Waals surface area contributed by atoms with E-state index in [-0.39, 0.29) is 13.2 Å². The molecule has 0 fully saturated rings. The van der Waals surface area contributed by atoms with Crippen LogP contribution in [0.3, 0.4) is 0 Å². The molecule has 0 bridgehead atoms. The Morgan fingerprint density at radius 3 is 2.26 bits per heavy atom. The van der Waals surface area contributed by atoms with E-state index in [2.05, 4.69) is 10.1 Å². The summed E-state index contributed by atoms with van der Waals surface area (Å²) in [7, 11) is 1.42. The number of benzene rings is 1. The zero-order valence-electron chi connectivity index (χ0n) is 10.2. The van der Waals surface area contributed by atoms with E-state index < -0.39 is 17.9 Å². The van der Waals surface area contributed by atoms with Crippen LogP contribution in [-0.2, 0) is 9.57 Å². The van der Waals surface area contributed by atoms with Crippen molar-refractivity contribution in [3.8, 4) is 0 Å². The van der Waals surface area contributed by atoms with Crippen LogP contribution in [-0.4, -0.2) is 43.2 Å². The van der Waals surface area contributed by atoms with Crippen LogP contribution in [0.25, 0.3) is 0 Å². The second-order valence-electron chi connectivity index (χ2n) is 3.67. The molecule has 0 saturated carbocycles. The first-order chi connectivity index (χ1) is 9.15. The summed E-state index contributed by atoms with van der Waals surface area (Å²) in [4.78, 5) is 39.5. The number of hydrogen-bond acceptors (Lipinski definition) is 5. The van der Waals surface area contributed by atoms with Crippen LogP contribution in [0.15, 0.2) is 24.3 Å². The molecule has 1 aliphatic rings. The maximum atomic E-state index is 11.9. The van der Waals surface area contributed by atoms with Gasteiger partial charge in [0, 0.05) is 7.05 Å². The van der Waals surface area contributed by atoms with Gasteiger partial charge >= 0.3 is 6.09 Å². The van der Waals surface area contributed by atoms with Gasteiger partial charge in [0.05, 0.1) is 11.1 Å². The van der Waals surface area contributed by atoms with Crippen LogP contribution in [0.4, 0.5) is 4.79 Å². The highest BCUT2D eigenvalue weighted by Gasteiger charge is 2.36. The van der Waals surface area contributed by atoms with Crippen molar-refractivity contribution >= 4 is 17.9 Å². The summed E-state index contributed by atoms with van der Waals surface area (Å²) in [5, 5.41) is 2.94. The lowest BCUT2D eigenvalue weighted by atomic mass is 10.1. The Bertz CT molecular complexity index is 494. The van der Waals surface area contributed by atoms with E-state index >= 15 is 0 Å². The Kier molecular flexibility index (Phi) is 3.76. The van der Waals surface area contributed by atoms with Crippen LogP contribution in [0.5, 0.6) is 0 Å². The molecule has 0 aromatic heterocycles. The van der Waals surface area contributed by atoms with Crippen molar-refractivity contribution in [2.75, 3.05) is 20.3 Å². The van der Waals surface area contributed by atoms with Gasteiger partial charge < -0.3 is 10.1 Å². The lowest BCUT2D eigenvalue weighted by Gasteiger charge is -2.13. The standard InChI is InChI=1S/C12H12N2O5/c1-13-12(17)18-6-7-19-14-10(15)8-4-2-3-5-9(8)11(14)16/h2-5H,6-7H2,1H3,(H,13,17). The average molecular weight is 264 g/mol. The fourth-order valence-corrected chi connectivity index (χ4v) is 1.62. The third kappa shape index (κ3) is 2.55. The first-order valence-electron chi connectivity index (χ1n) is 5.60. The van der Waals surface area contributed by atoms with Gasteiger partial charge in [-0.2, -0.15) is 0 Å². The van der Waals surface area contributed by atoms with Gasteiger partial charge in [0.25, 0.3) is 11.8 Å². The molecular formula is C12H12N2O5. The quantitative estimate of drug-likeness (QED) is 0.634. The largest absolute Gasteiger partial charge is 0.447 e. The molecule has 1 N–H and O–H groups in total. The minimum atomic E-state index is -0.606. The molecule has 19 heavy (non-hydrogen) atoms. The van der Waals surface area contributed by atoms with E-state index in [1.807, 2.05) is 0 Å². The summed E-state index contributed by atoms with van der Waals surface area (Å²) in [6, 6.07) is 6.45. The zero-order valence-corrected chi connectivity index (χ0v) is 10.2. The first kappa shape index (κ1) is 13.0. The molecule has 1 aliphatic heterocycles. The number of hydrogen-bond donors (Lipinski definition) is 1. The minimum Gasteiger partial charge on any atom is -0.447 e. The monoisotopic (exact) mass is 264 g/mol. The van der Waals surface area contributed by atoms with Crippen molar-refractivity contribution in [2.24, 2.45) is 0 Å². The van der Waals surface area contributed by atoms with E-state index in [0.29, 0.717) is 16.2 Å². The molecule has 2 rings (SSSR count). The van der Waals surface area contributed by atoms with Crippen LogP contribution >= 0.6 is 0 Å². The first-order valence-corrected chi connectivity index (χ1v) is 5.60. The zero-order chi connectivity index (χ0) is 13.8. The molecule has 0 unspecified atom stereocenters. The molecule has 3 amide bonds. The highest BCUT2D eigenvalue weighted by atomic mass is 16.7. The number of fused-ring (bicyclic) bond motifs is 1. The summed E-state index contributed by atoms with van der Waals surface area (Å²) in [5.74, 6) is -1.03. The number of nitrogens with one attached hydrogen (secondary N) is 1. The van der Waals surface area contributed by atoms with Crippen molar-refractivity contribution in [3.63, 3.8) is 0 Å². The maximum Gasteiger partial charge on any atom is 0.406 e. The van der Waals surface area contributed by atoms with Crippen LogP contribution < -0.4 is 5.32 Å². The Balaban J connectivity index is 1.92. The molecule has 7 nitrogen and oxygen atoms in total. The van der Waals surface area contributed by atoms with Gasteiger partial charge in [-0.3, -0.25) is 14.4 Å². The van der Waals surface area contributed by atoms with Gasteiger partial charge in [0.1, 0.15) is 13.2 Å². The highest BCUT2D eigenvalue weighted by molar-refractivity contribution is 6.20. The van der Waals surface area contributed by atoms with Crippen molar-refractivity contribution in [1.29, 1.82) is 0 Å². The highest BCUT2D eigenvalue weighted by Crippen LogP contribution is 2.22. The molecule has 0 atom stereocenters. The van der Waals surface area contributed by atoms with Gasteiger partial charge in [-0.25, -0.2) is 4.79 Å². The van der Waals surface area contributed by atoms with Crippen molar-refractivity contribution < 1.29 is 24.0 Å². The molecule has 7 heteroatoms. The minimum absolute atomic E-state index is 0.0624. The summed E-state index contributed by atoms with van der Waals surface area (Å²) in [5.41, 5.74) is 0.611. The third-order valence-electron chi connectivity index (χ3n) is 2.50. The van der Waals surface area contributed by atoms with Crippen LogP contribution in [0.1, 0.15) is 20.7 Å². The normalized spacial score (nSPS) is 13.4. The lowest BCUT2D eigenvalue weighted by molar-refractivity contribution is -0.1000. The molecule has 0 saturated heterocycles. The maximum absolute atomic E-state index is 11.9. The van der Waals surface area contributed by atoms with Gasteiger partial charge in [0.2, 0.25) is 0 Å². The number of nitrogens with zero attached hydrogens (tertiary/aromatic N) is 1. The molecule has 0 aliphatic carbocycles. The summed E-state index contributed by atoms with van der Waals surface area (Å²) in [6.45, 7) is -0.147. The van der Waals surface area contributed by atoms with Gasteiger partial charge in [-0.1, -0.05) is 12.1 Å². The van der Waals surface area contributed by atoms with E-state index in [0.717, 1.165) is 0 Å². The second-order valence-corrected chi connectivity index (χ2v) is 3.67. The van der Waals surface area contributed by atoms with E-state index in [1.54, 1.807) is 24.3 Å². The van der Waals surface area contributed by atoms with E-state index in [1.165, 1.54) is 7.05 Å². The van der Waals surface area contributed by atoms with Gasteiger partial charge in [-0.05, 0) is 12.1 Å². The second kappa shape index (κ2) is 5.49. The molecule has 1 aromatic rings. The van der Waals surface area contributed by atoms with Crippen molar-refractivity contribution in [2.45, 2.75) is 0 Å². The summed E-state index contributed by atoms with van der Waals surface area (Å²) >= 11 is 0. The predicted molar refractivity (Wildman–Crippen MR) is 63.3 cm³/mol. The van der Waals surface area contributed by atoms with E-state index in [9.17, 15) is 14.4 Å². The Morgan fingerprint density at radius 1 is 1.16 bits per heavy atom. The molecular weight excluding hydrogens is 252 g/mol. The number of ether oxygens (including phenoxy) is 1. The SMILES string of the molecule is CNC(=O)OCCON1C(=O)c2ccccc2C1=O. The third-order valence-corrected chi connectivity index (χ3v) is 2.50. The number of hydroxylamine groups is 2. The van der Waals surface area contributed by atoms with Gasteiger partial charge in [-0.15, -0.1) is 5.06 Å². The van der Waals surface area contributed by atoms with E-state index in [4.69, 9.17) is 4.84 Å². The fourth-order valence-electron chi connectivity index (χ4n) is 1.62.